The average molecular weight is 277 g/mol. The molecule has 0 amide bonds. The quantitative estimate of drug-likeness (QED) is 0.467. The summed E-state index contributed by atoms with van der Waals surface area (Å²) in [5.74, 6) is 0.646. The minimum Gasteiger partial charge on any atom is -0.483 e. The zero-order chi connectivity index (χ0) is 14.5. The molecule has 1 aliphatic carbocycles. The van der Waals surface area contributed by atoms with Crippen LogP contribution in [-0.4, -0.2) is 17.3 Å². The van der Waals surface area contributed by atoms with Gasteiger partial charge in [0.1, 0.15) is 12.4 Å². The molecule has 1 saturated carbocycles. The van der Waals surface area contributed by atoms with E-state index >= 15 is 0 Å². The molecule has 0 saturated heterocycles. The summed E-state index contributed by atoms with van der Waals surface area (Å²) < 4.78 is 5.89. The van der Waals surface area contributed by atoms with Crippen LogP contribution in [0.1, 0.15) is 49.4 Å². The van der Waals surface area contributed by atoms with Crippen LogP contribution >= 0.6 is 0 Å². The van der Waals surface area contributed by atoms with E-state index in [0.29, 0.717) is 17.8 Å². The predicted octanol–water partition coefficient (Wildman–Crippen LogP) is 3.75. The number of hydrogen-bond donors (Lipinski definition) is 0. The van der Waals surface area contributed by atoms with Gasteiger partial charge in [-0.15, -0.1) is 0 Å². The first-order chi connectivity index (χ1) is 9.65. The van der Waals surface area contributed by atoms with Crippen LogP contribution in [0.25, 0.3) is 0 Å². The zero-order valence-corrected chi connectivity index (χ0v) is 11.6. The Bertz CT molecular complexity index is 501. The average Bonchev–Trinajstić information content (AvgIpc) is 2.47. The summed E-state index contributed by atoms with van der Waals surface area (Å²) in [5, 5.41) is 11.1. The van der Waals surface area contributed by atoms with Gasteiger partial charge in [0.15, 0.2) is 5.75 Å². The molecule has 1 aromatic rings. The minimum atomic E-state index is -0.465. The van der Waals surface area contributed by atoms with Gasteiger partial charge in [-0.25, -0.2) is 0 Å². The predicted molar refractivity (Wildman–Crippen MR) is 75.1 cm³/mol. The molecule has 5 nitrogen and oxygen atoms in total. The van der Waals surface area contributed by atoms with E-state index in [1.165, 1.54) is 24.6 Å². The number of carbonyl (C=O) groups is 1. The number of benzene rings is 1. The highest BCUT2D eigenvalue weighted by Crippen LogP contribution is 2.34. The zero-order valence-electron chi connectivity index (χ0n) is 11.6. The largest absolute Gasteiger partial charge is 0.483 e. The number of aldehydes is 1. The number of ether oxygens (including phenoxy) is 1. The van der Waals surface area contributed by atoms with Crippen LogP contribution in [0, 0.1) is 16.0 Å². The van der Waals surface area contributed by atoms with Gasteiger partial charge in [0.25, 0.3) is 0 Å². The third kappa shape index (κ3) is 3.15. The molecule has 1 aromatic carbocycles. The van der Waals surface area contributed by atoms with Crippen molar-refractivity contribution in [2.24, 2.45) is 5.92 Å². The Hall–Kier alpha value is -1.91. The van der Waals surface area contributed by atoms with Crippen molar-refractivity contribution in [3.8, 4) is 5.75 Å². The summed E-state index contributed by atoms with van der Waals surface area (Å²) in [7, 11) is 0. The lowest BCUT2D eigenvalue weighted by Gasteiger charge is -2.31. The summed E-state index contributed by atoms with van der Waals surface area (Å²) in [4.78, 5) is 21.4. The molecule has 0 heterocycles. The standard InChI is InChI=1S/C15H19NO4/c1-2-12-5-3-4-6-14(12)20-15-9-11(10-17)7-8-13(15)16(18)19/h7-10,12,14H,2-6H2,1H3. The first kappa shape index (κ1) is 14.5. The Morgan fingerprint density at radius 2 is 2.15 bits per heavy atom. The monoisotopic (exact) mass is 277 g/mol. The van der Waals surface area contributed by atoms with Crippen molar-refractivity contribution in [1.29, 1.82) is 0 Å². The number of nitro benzene ring substituents is 1. The van der Waals surface area contributed by atoms with Crippen molar-refractivity contribution in [2.45, 2.75) is 45.1 Å². The number of hydrogen-bond acceptors (Lipinski definition) is 4. The molecule has 0 aliphatic heterocycles. The van der Waals surface area contributed by atoms with Gasteiger partial charge in [0.2, 0.25) is 0 Å². The van der Waals surface area contributed by atoms with E-state index < -0.39 is 4.92 Å². The summed E-state index contributed by atoms with van der Waals surface area (Å²) in [6.07, 6.45) is 5.98. The lowest BCUT2D eigenvalue weighted by atomic mass is 9.85. The minimum absolute atomic E-state index is 0.00866. The molecule has 1 aliphatic rings. The molecule has 0 N–H and O–H groups in total. The third-order valence-electron chi connectivity index (χ3n) is 3.96. The van der Waals surface area contributed by atoms with E-state index in [-0.39, 0.29) is 17.5 Å². The second-order valence-electron chi connectivity index (χ2n) is 5.21. The van der Waals surface area contributed by atoms with Crippen molar-refractivity contribution in [3.05, 3.63) is 33.9 Å². The second kappa shape index (κ2) is 6.50. The molecule has 2 rings (SSSR count). The van der Waals surface area contributed by atoms with Gasteiger partial charge in [0.05, 0.1) is 4.92 Å². The van der Waals surface area contributed by atoms with Crippen LogP contribution in [0.2, 0.25) is 0 Å². The van der Waals surface area contributed by atoms with Gasteiger partial charge in [-0.1, -0.05) is 13.3 Å². The van der Waals surface area contributed by atoms with Gasteiger partial charge in [-0.05, 0) is 43.7 Å². The van der Waals surface area contributed by atoms with E-state index in [1.54, 1.807) is 0 Å². The smallest absolute Gasteiger partial charge is 0.310 e. The highest BCUT2D eigenvalue weighted by molar-refractivity contribution is 5.76. The van der Waals surface area contributed by atoms with Gasteiger partial charge in [0, 0.05) is 11.6 Å². The molecule has 108 valence electrons. The van der Waals surface area contributed by atoms with Crippen molar-refractivity contribution in [2.75, 3.05) is 0 Å². The Balaban J connectivity index is 2.25. The highest BCUT2D eigenvalue weighted by atomic mass is 16.6. The number of rotatable bonds is 5. The van der Waals surface area contributed by atoms with Crippen molar-refractivity contribution < 1.29 is 14.5 Å². The fourth-order valence-corrected chi connectivity index (χ4v) is 2.81. The molecule has 1 fully saturated rings. The molecule has 5 heteroatoms. The lowest BCUT2D eigenvalue weighted by Crippen LogP contribution is -2.30. The SMILES string of the molecule is CCC1CCCCC1Oc1cc(C=O)ccc1[N+](=O)[O-]. The fourth-order valence-electron chi connectivity index (χ4n) is 2.81. The van der Waals surface area contributed by atoms with E-state index in [9.17, 15) is 14.9 Å². The number of carbonyl (C=O) groups excluding carboxylic acids is 1. The van der Waals surface area contributed by atoms with Gasteiger partial charge in [-0.3, -0.25) is 14.9 Å². The molecule has 20 heavy (non-hydrogen) atoms. The van der Waals surface area contributed by atoms with Gasteiger partial charge >= 0.3 is 5.69 Å². The molecule has 0 spiro atoms. The number of nitrogens with zero attached hydrogens (tertiary/aromatic N) is 1. The van der Waals surface area contributed by atoms with Crippen LogP contribution in [-0.2, 0) is 0 Å². The van der Waals surface area contributed by atoms with E-state index in [0.717, 1.165) is 25.7 Å². The molecular formula is C15H19NO4. The summed E-state index contributed by atoms with van der Waals surface area (Å²) in [6, 6.07) is 4.24. The van der Waals surface area contributed by atoms with E-state index in [1.807, 2.05) is 0 Å². The molecule has 2 atom stereocenters. The van der Waals surface area contributed by atoms with Crippen LogP contribution < -0.4 is 4.74 Å². The Morgan fingerprint density at radius 1 is 1.40 bits per heavy atom. The van der Waals surface area contributed by atoms with E-state index in [2.05, 4.69) is 6.92 Å². The van der Waals surface area contributed by atoms with Gasteiger partial charge < -0.3 is 4.74 Å². The summed E-state index contributed by atoms with van der Waals surface area (Å²) in [5.41, 5.74) is 0.325. The third-order valence-corrected chi connectivity index (χ3v) is 3.96. The lowest BCUT2D eigenvalue weighted by molar-refractivity contribution is -0.386. The van der Waals surface area contributed by atoms with E-state index in [4.69, 9.17) is 4.74 Å². The summed E-state index contributed by atoms with van der Waals surface area (Å²) >= 11 is 0. The molecule has 0 aromatic heterocycles. The van der Waals surface area contributed by atoms with Crippen LogP contribution in [0.4, 0.5) is 5.69 Å². The Labute approximate surface area is 118 Å². The molecule has 0 radical (unpaired) electrons. The topological polar surface area (TPSA) is 69.4 Å². The fraction of sp³-hybridized carbons (Fsp3) is 0.533. The number of nitro groups is 1. The first-order valence-corrected chi connectivity index (χ1v) is 7.06. The normalized spacial score (nSPS) is 22.2. The van der Waals surface area contributed by atoms with Crippen LogP contribution in [0.3, 0.4) is 0 Å². The Kier molecular flexibility index (Phi) is 4.71. The van der Waals surface area contributed by atoms with Crippen LogP contribution in [0.5, 0.6) is 5.75 Å². The van der Waals surface area contributed by atoms with Crippen LogP contribution in [0.15, 0.2) is 18.2 Å². The molecule has 0 bridgehead atoms. The Morgan fingerprint density at radius 3 is 2.80 bits per heavy atom. The van der Waals surface area contributed by atoms with Crippen molar-refractivity contribution >= 4 is 12.0 Å². The molecular weight excluding hydrogens is 258 g/mol. The molecule has 2 unspecified atom stereocenters. The van der Waals surface area contributed by atoms with Crippen molar-refractivity contribution in [3.63, 3.8) is 0 Å². The summed E-state index contributed by atoms with van der Waals surface area (Å²) in [6.45, 7) is 2.11. The van der Waals surface area contributed by atoms with Gasteiger partial charge in [-0.2, -0.15) is 0 Å². The second-order valence-corrected chi connectivity index (χ2v) is 5.21. The maximum atomic E-state index is 11.1. The maximum Gasteiger partial charge on any atom is 0.310 e. The maximum absolute atomic E-state index is 11.1. The van der Waals surface area contributed by atoms with Crippen molar-refractivity contribution in [1.82, 2.24) is 0 Å². The first-order valence-electron chi connectivity index (χ1n) is 7.06. The highest BCUT2D eigenvalue weighted by Gasteiger charge is 2.27.